The Morgan fingerprint density at radius 1 is 0.650 bits per heavy atom. The van der Waals surface area contributed by atoms with Gasteiger partial charge in [-0.05, 0) is 12.0 Å². The van der Waals surface area contributed by atoms with Crippen LogP contribution < -0.4 is 15.2 Å². The predicted octanol–water partition coefficient (Wildman–Crippen LogP) is 7.99. The maximum atomic E-state index is 13.0. The standard InChI is InChI=1S/C35H55N3O2/c1-2-3-4-5-6-7-8-9-10-11-12-13-14-15-16-21-28-36-35(40)34(32-25-19-17-20-26-32)37-33(39)27-24-31-38-29-22-18-23-30-38/h17-20,22-23,25-26,29-30,34H,2-16,21,24,27-28,31H2,1H3,(H-,36,37,39,40)/p+1/t34-/m0/s1. The van der Waals surface area contributed by atoms with Crippen LogP contribution in [0.25, 0.3) is 0 Å². The van der Waals surface area contributed by atoms with Crippen molar-refractivity contribution in [2.45, 2.75) is 135 Å². The molecular weight excluding hydrogens is 494 g/mol. The summed E-state index contributed by atoms with van der Waals surface area (Å²) in [6, 6.07) is 14.8. The molecule has 1 heterocycles. The van der Waals surface area contributed by atoms with Gasteiger partial charge in [-0.3, -0.25) is 9.59 Å². The van der Waals surface area contributed by atoms with Gasteiger partial charge in [0.1, 0.15) is 12.6 Å². The average Bonchev–Trinajstić information content (AvgIpc) is 2.98. The number of aromatic nitrogens is 1. The first kappa shape index (κ1) is 33.5. The molecule has 40 heavy (non-hydrogen) atoms. The van der Waals surface area contributed by atoms with Crippen LogP contribution in [0.1, 0.15) is 134 Å². The van der Waals surface area contributed by atoms with E-state index >= 15 is 0 Å². The van der Waals surface area contributed by atoms with E-state index in [4.69, 9.17) is 0 Å². The zero-order valence-electron chi connectivity index (χ0n) is 25.3. The summed E-state index contributed by atoms with van der Waals surface area (Å²) < 4.78 is 2.06. The molecule has 2 aromatic rings. The molecular formula is C35H56N3O2+. The fourth-order valence-electron chi connectivity index (χ4n) is 5.17. The van der Waals surface area contributed by atoms with Crippen LogP contribution in [-0.4, -0.2) is 18.4 Å². The maximum absolute atomic E-state index is 13.0. The topological polar surface area (TPSA) is 62.1 Å². The lowest BCUT2D eigenvalue weighted by atomic mass is 10.0. The Kier molecular flexibility index (Phi) is 19.3. The van der Waals surface area contributed by atoms with E-state index < -0.39 is 6.04 Å². The van der Waals surface area contributed by atoms with E-state index in [2.05, 4.69) is 22.1 Å². The number of pyridine rings is 1. The Morgan fingerprint density at radius 2 is 1.15 bits per heavy atom. The van der Waals surface area contributed by atoms with Crippen molar-refractivity contribution in [3.63, 3.8) is 0 Å². The monoisotopic (exact) mass is 550 g/mol. The van der Waals surface area contributed by atoms with Gasteiger partial charge >= 0.3 is 0 Å². The van der Waals surface area contributed by atoms with Crippen molar-refractivity contribution in [1.29, 1.82) is 0 Å². The fourth-order valence-corrected chi connectivity index (χ4v) is 5.17. The minimum absolute atomic E-state index is 0.0945. The number of amides is 2. The highest BCUT2D eigenvalue weighted by atomic mass is 16.2. The van der Waals surface area contributed by atoms with Crippen LogP contribution in [0.4, 0.5) is 0 Å². The molecule has 0 bridgehead atoms. The minimum atomic E-state index is -0.654. The third-order valence-electron chi connectivity index (χ3n) is 7.63. The molecule has 5 heteroatoms. The number of rotatable bonds is 24. The van der Waals surface area contributed by atoms with Gasteiger partial charge in [-0.2, -0.15) is 0 Å². The van der Waals surface area contributed by atoms with Gasteiger partial charge in [-0.25, -0.2) is 4.57 Å². The van der Waals surface area contributed by atoms with Crippen LogP contribution in [0, 0.1) is 0 Å². The van der Waals surface area contributed by atoms with Crippen molar-refractivity contribution >= 4 is 11.8 Å². The van der Waals surface area contributed by atoms with Crippen molar-refractivity contribution in [3.05, 3.63) is 66.5 Å². The Balaban J connectivity index is 1.52. The Labute approximate surface area is 244 Å². The molecule has 1 atom stereocenters. The quantitative estimate of drug-likeness (QED) is 0.103. The highest BCUT2D eigenvalue weighted by Crippen LogP contribution is 2.15. The summed E-state index contributed by atoms with van der Waals surface area (Å²) in [5.74, 6) is -0.221. The summed E-state index contributed by atoms with van der Waals surface area (Å²) in [5.41, 5.74) is 0.817. The van der Waals surface area contributed by atoms with Crippen molar-refractivity contribution in [1.82, 2.24) is 10.6 Å². The molecule has 5 nitrogen and oxygen atoms in total. The first-order valence-electron chi connectivity index (χ1n) is 16.3. The van der Waals surface area contributed by atoms with Crippen molar-refractivity contribution < 1.29 is 14.2 Å². The van der Waals surface area contributed by atoms with Gasteiger partial charge in [-0.15, -0.1) is 0 Å². The first-order valence-corrected chi connectivity index (χ1v) is 16.3. The second-order valence-electron chi connectivity index (χ2n) is 11.2. The molecule has 1 aromatic carbocycles. The van der Waals surface area contributed by atoms with Gasteiger partial charge < -0.3 is 10.6 Å². The second kappa shape index (κ2) is 23.1. The van der Waals surface area contributed by atoms with E-state index in [-0.39, 0.29) is 11.8 Å². The highest BCUT2D eigenvalue weighted by molar-refractivity contribution is 5.88. The van der Waals surface area contributed by atoms with Crippen LogP contribution in [-0.2, 0) is 16.1 Å². The van der Waals surface area contributed by atoms with Crippen molar-refractivity contribution in [3.8, 4) is 0 Å². The predicted molar refractivity (Wildman–Crippen MR) is 166 cm³/mol. The summed E-state index contributed by atoms with van der Waals surface area (Å²) in [6.45, 7) is 3.71. The molecule has 0 fully saturated rings. The van der Waals surface area contributed by atoms with E-state index in [1.54, 1.807) is 0 Å². The van der Waals surface area contributed by atoms with Gasteiger partial charge in [-0.1, -0.05) is 140 Å². The molecule has 0 saturated carbocycles. The number of carbonyl (C=O) groups excluding carboxylic acids is 2. The maximum Gasteiger partial charge on any atom is 0.247 e. The zero-order valence-corrected chi connectivity index (χ0v) is 25.3. The lowest BCUT2D eigenvalue weighted by molar-refractivity contribution is -0.697. The summed E-state index contributed by atoms with van der Waals surface area (Å²) in [6.07, 6.45) is 26.5. The Bertz CT molecular complexity index is 888. The normalized spacial score (nSPS) is 11.7. The molecule has 0 saturated heterocycles. The molecule has 0 spiro atoms. The van der Waals surface area contributed by atoms with Crippen LogP contribution in [0.5, 0.6) is 0 Å². The van der Waals surface area contributed by atoms with Gasteiger partial charge in [0.25, 0.3) is 0 Å². The molecule has 0 aliphatic carbocycles. The minimum Gasteiger partial charge on any atom is -0.354 e. The zero-order chi connectivity index (χ0) is 28.5. The van der Waals surface area contributed by atoms with Crippen LogP contribution in [0.15, 0.2) is 60.9 Å². The van der Waals surface area contributed by atoms with E-state index in [0.29, 0.717) is 13.0 Å². The molecule has 0 unspecified atom stereocenters. The van der Waals surface area contributed by atoms with Gasteiger partial charge in [0.2, 0.25) is 11.8 Å². The summed E-state index contributed by atoms with van der Waals surface area (Å²) in [5, 5.41) is 6.03. The number of hydrogen-bond donors (Lipinski definition) is 2. The summed E-state index contributed by atoms with van der Waals surface area (Å²) in [4.78, 5) is 25.7. The Hall–Kier alpha value is -2.69. The second-order valence-corrected chi connectivity index (χ2v) is 11.2. The van der Waals surface area contributed by atoms with Gasteiger partial charge in [0.15, 0.2) is 12.4 Å². The molecule has 1 aromatic heterocycles. The van der Waals surface area contributed by atoms with Crippen LogP contribution in [0.3, 0.4) is 0 Å². The van der Waals surface area contributed by atoms with Crippen LogP contribution in [0.2, 0.25) is 0 Å². The van der Waals surface area contributed by atoms with Crippen molar-refractivity contribution in [2.24, 2.45) is 0 Å². The molecule has 2 amide bonds. The molecule has 0 aliphatic heterocycles. The summed E-state index contributed by atoms with van der Waals surface area (Å²) >= 11 is 0. The number of nitrogens with zero attached hydrogens (tertiary/aromatic N) is 1. The number of nitrogens with one attached hydrogen (secondary N) is 2. The van der Waals surface area contributed by atoms with E-state index in [0.717, 1.165) is 31.4 Å². The van der Waals surface area contributed by atoms with E-state index in [9.17, 15) is 9.59 Å². The fraction of sp³-hybridized carbons (Fsp3) is 0.629. The highest BCUT2D eigenvalue weighted by Gasteiger charge is 2.22. The molecule has 0 radical (unpaired) electrons. The molecule has 222 valence electrons. The number of unbranched alkanes of at least 4 members (excludes halogenated alkanes) is 15. The number of benzene rings is 1. The molecule has 2 N–H and O–H groups in total. The number of hydrogen-bond acceptors (Lipinski definition) is 2. The largest absolute Gasteiger partial charge is 0.354 e. The molecule has 0 aliphatic rings. The summed E-state index contributed by atoms with van der Waals surface area (Å²) in [7, 11) is 0. The third-order valence-corrected chi connectivity index (χ3v) is 7.63. The van der Waals surface area contributed by atoms with E-state index in [1.807, 2.05) is 60.9 Å². The Morgan fingerprint density at radius 3 is 1.70 bits per heavy atom. The number of aryl methyl sites for hydroxylation is 1. The lowest BCUT2D eigenvalue weighted by Gasteiger charge is -2.19. The van der Waals surface area contributed by atoms with Gasteiger partial charge in [0.05, 0.1) is 0 Å². The first-order chi connectivity index (χ1) is 19.7. The smallest absolute Gasteiger partial charge is 0.247 e. The SMILES string of the molecule is CCCCCCCCCCCCCCCCCCNC(=O)[C@@H](NC(=O)CCC[n+]1ccccc1)c1ccccc1. The lowest BCUT2D eigenvalue weighted by Crippen LogP contribution is -2.41. The third kappa shape index (κ3) is 16.4. The van der Waals surface area contributed by atoms with E-state index in [1.165, 1.54) is 89.9 Å². The van der Waals surface area contributed by atoms with Crippen LogP contribution >= 0.6 is 0 Å². The average molecular weight is 551 g/mol. The van der Waals surface area contributed by atoms with Crippen molar-refractivity contribution in [2.75, 3.05) is 6.54 Å². The number of carbonyl (C=O) groups is 2. The molecule has 2 rings (SSSR count). The van der Waals surface area contributed by atoms with Gasteiger partial charge in [0, 0.05) is 31.5 Å².